The molecule has 0 radical (unpaired) electrons. The summed E-state index contributed by atoms with van der Waals surface area (Å²) in [5.41, 5.74) is 8.68. The molecule has 0 amide bonds. The molecule has 0 spiro atoms. The van der Waals surface area contributed by atoms with Crippen LogP contribution in [0.4, 0.5) is 11.4 Å². The molecule has 0 saturated heterocycles. The van der Waals surface area contributed by atoms with E-state index in [4.69, 9.17) is 4.74 Å². The third-order valence-electron chi connectivity index (χ3n) is 14.3. The Morgan fingerprint density at radius 2 is 1.04 bits per heavy atom. The summed E-state index contributed by atoms with van der Waals surface area (Å²) in [4.78, 5) is 4.35. The van der Waals surface area contributed by atoms with Crippen molar-refractivity contribution in [3.63, 3.8) is 0 Å². The van der Waals surface area contributed by atoms with Crippen LogP contribution in [-0.4, -0.2) is 49.6 Å². The first-order valence-corrected chi connectivity index (χ1v) is 21.2. The average Bonchev–Trinajstić information content (AvgIpc) is 3.18. The van der Waals surface area contributed by atoms with E-state index in [9.17, 15) is 10.2 Å². The Balaban J connectivity index is 1.10. The molecule has 296 valence electrons. The smallest absolute Gasteiger partial charge is 0.127 e. The van der Waals surface area contributed by atoms with Gasteiger partial charge in [-0.1, -0.05) is 48.2 Å². The van der Waals surface area contributed by atoms with E-state index in [-0.39, 0.29) is 10.8 Å². The van der Waals surface area contributed by atoms with Gasteiger partial charge in [-0.05, 0) is 185 Å². The molecule has 4 aromatic rings. The minimum atomic E-state index is -0.918. The fourth-order valence-corrected chi connectivity index (χ4v) is 11.6. The molecule has 8 rings (SSSR count). The number of anilines is 2. The molecule has 4 aromatic carbocycles. The normalized spacial score (nSPS) is 28.5. The highest BCUT2D eigenvalue weighted by molar-refractivity contribution is 5.53. The quantitative estimate of drug-likeness (QED) is 0.175. The van der Waals surface area contributed by atoms with E-state index in [0.717, 1.165) is 62.9 Å². The molecule has 0 bridgehead atoms. The predicted octanol–water partition coefficient (Wildman–Crippen LogP) is 9.57. The standard InChI is InChI=1S/C52H60N2O3/c1-7-23-49(55)25-27-51(33-37-11-9-13-43(29-37)53(3)4)41(35-49)17-15-39-31-45(19-21-47(39)51)57-46-20-22-48-40(32-46)16-18-42-36-50(56,24-8-2)26-28-52(42,48)34-38-12-10-14-44(30-38)54(5)6/h9-14,19-22,29-32,41-42,55-56H,15-18,25-28,33-36H2,1-6H3. The van der Waals surface area contributed by atoms with E-state index < -0.39 is 11.2 Å². The van der Waals surface area contributed by atoms with Gasteiger partial charge in [0.15, 0.2) is 0 Å². The molecule has 6 unspecified atom stereocenters. The number of nitrogens with zero attached hydrogens (tertiary/aromatic N) is 2. The maximum absolute atomic E-state index is 11.6. The van der Waals surface area contributed by atoms with Crippen LogP contribution in [0.15, 0.2) is 84.9 Å². The van der Waals surface area contributed by atoms with Crippen LogP contribution in [0.3, 0.4) is 0 Å². The number of ether oxygens (including phenoxy) is 1. The molecule has 2 fully saturated rings. The van der Waals surface area contributed by atoms with Gasteiger partial charge in [-0.15, -0.1) is 11.8 Å². The molecular weight excluding hydrogens is 701 g/mol. The van der Waals surface area contributed by atoms with Gasteiger partial charge in [0.05, 0.1) is 0 Å². The van der Waals surface area contributed by atoms with Crippen molar-refractivity contribution < 1.29 is 14.9 Å². The third kappa shape index (κ3) is 7.46. The molecule has 0 heterocycles. The number of aryl methyl sites for hydroxylation is 2. The zero-order valence-electron chi connectivity index (χ0n) is 34.9. The van der Waals surface area contributed by atoms with Gasteiger partial charge in [-0.25, -0.2) is 0 Å². The number of aliphatic hydroxyl groups is 2. The van der Waals surface area contributed by atoms with E-state index >= 15 is 0 Å². The molecule has 0 aromatic heterocycles. The van der Waals surface area contributed by atoms with Crippen molar-refractivity contribution in [2.75, 3.05) is 38.0 Å². The summed E-state index contributed by atoms with van der Waals surface area (Å²) in [5, 5.41) is 23.1. The highest BCUT2D eigenvalue weighted by Crippen LogP contribution is 2.56. The van der Waals surface area contributed by atoms with Crippen LogP contribution in [0.5, 0.6) is 11.5 Å². The molecule has 4 aliphatic carbocycles. The summed E-state index contributed by atoms with van der Waals surface area (Å²) in [6.45, 7) is 3.68. The van der Waals surface area contributed by atoms with Crippen LogP contribution in [0.2, 0.25) is 0 Å². The Bertz CT molecular complexity index is 2110. The molecule has 4 aliphatic rings. The number of hydrogen-bond donors (Lipinski definition) is 2. The van der Waals surface area contributed by atoms with Crippen LogP contribution in [0.25, 0.3) is 0 Å². The van der Waals surface area contributed by atoms with Crippen molar-refractivity contribution in [3.05, 3.63) is 118 Å². The molecule has 5 nitrogen and oxygen atoms in total. The van der Waals surface area contributed by atoms with E-state index in [0.29, 0.717) is 37.5 Å². The van der Waals surface area contributed by atoms with Crippen molar-refractivity contribution in [2.24, 2.45) is 11.8 Å². The van der Waals surface area contributed by atoms with Gasteiger partial charge in [-0.3, -0.25) is 0 Å². The summed E-state index contributed by atoms with van der Waals surface area (Å²) >= 11 is 0. The van der Waals surface area contributed by atoms with Gasteiger partial charge in [-0.2, -0.15) is 0 Å². The van der Waals surface area contributed by atoms with Crippen LogP contribution in [-0.2, 0) is 36.5 Å². The first-order valence-electron chi connectivity index (χ1n) is 21.2. The summed E-state index contributed by atoms with van der Waals surface area (Å²) < 4.78 is 6.77. The lowest BCUT2D eigenvalue weighted by Gasteiger charge is -2.52. The second-order valence-electron chi connectivity index (χ2n) is 18.2. The molecule has 57 heavy (non-hydrogen) atoms. The van der Waals surface area contributed by atoms with Gasteiger partial charge in [0, 0.05) is 50.4 Å². The van der Waals surface area contributed by atoms with Gasteiger partial charge in [0.2, 0.25) is 0 Å². The van der Waals surface area contributed by atoms with Gasteiger partial charge in [0.1, 0.15) is 22.7 Å². The van der Waals surface area contributed by atoms with Gasteiger partial charge < -0.3 is 24.7 Å². The molecule has 5 heteroatoms. The second kappa shape index (κ2) is 15.2. The lowest BCUT2D eigenvalue weighted by Crippen LogP contribution is -2.50. The molecular formula is C52H60N2O3. The van der Waals surface area contributed by atoms with E-state index in [1.54, 1.807) is 0 Å². The Morgan fingerprint density at radius 3 is 1.44 bits per heavy atom. The number of fused-ring (bicyclic) bond motifs is 6. The van der Waals surface area contributed by atoms with Crippen molar-refractivity contribution >= 4 is 11.4 Å². The van der Waals surface area contributed by atoms with Gasteiger partial charge >= 0.3 is 0 Å². The lowest BCUT2D eigenvalue weighted by atomic mass is 9.52. The summed E-state index contributed by atoms with van der Waals surface area (Å²) in [6.07, 6.45) is 10.4. The number of rotatable bonds is 8. The Labute approximate surface area is 341 Å². The van der Waals surface area contributed by atoms with E-state index in [1.807, 2.05) is 13.8 Å². The van der Waals surface area contributed by atoms with Crippen LogP contribution < -0.4 is 14.5 Å². The largest absolute Gasteiger partial charge is 0.457 e. The topological polar surface area (TPSA) is 56.2 Å². The molecule has 0 aliphatic heterocycles. The third-order valence-corrected chi connectivity index (χ3v) is 14.3. The zero-order chi connectivity index (χ0) is 40.0. The summed E-state index contributed by atoms with van der Waals surface area (Å²) in [7, 11) is 8.40. The first kappa shape index (κ1) is 39.2. The first-order chi connectivity index (χ1) is 27.4. The summed E-state index contributed by atoms with van der Waals surface area (Å²) in [6, 6.07) is 31.5. The highest BCUT2D eigenvalue weighted by atomic mass is 16.5. The monoisotopic (exact) mass is 760 g/mol. The van der Waals surface area contributed by atoms with E-state index in [2.05, 4.69) is 147 Å². The highest BCUT2D eigenvalue weighted by Gasteiger charge is 2.53. The van der Waals surface area contributed by atoms with Crippen molar-refractivity contribution in [2.45, 2.75) is 113 Å². The van der Waals surface area contributed by atoms with Crippen LogP contribution in [0, 0.1) is 35.5 Å². The number of benzene rings is 4. The van der Waals surface area contributed by atoms with Crippen LogP contribution in [0.1, 0.15) is 98.6 Å². The fraction of sp³-hybridized carbons (Fsp3) is 0.462. The Morgan fingerprint density at radius 1 is 0.596 bits per heavy atom. The second-order valence-corrected chi connectivity index (χ2v) is 18.2. The average molecular weight is 761 g/mol. The SMILES string of the molecule is CC#CC1(O)CCC2(Cc3cccc(N(C)C)c3)c3ccc(Oc4ccc5c(c4)CCC4CC(O)(C#CC)CCC54Cc4cccc(N(C)C)c4)cc3CCC2C1. The predicted molar refractivity (Wildman–Crippen MR) is 233 cm³/mol. The number of hydrogen-bond acceptors (Lipinski definition) is 5. The molecule has 2 N–H and O–H groups in total. The van der Waals surface area contributed by atoms with Crippen molar-refractivity contribution in [1.29, 1.82) is 0 Å². The maximum atomic E-state index is 11.6. The minimum Gasteiger partial charge on any atom is -0.457 e. The fourth-order valence-electron chi connectivity index (χ4n) is 11.6. The maximum Gasteiger partial charge on any atom is 0.127 e. The lowest BCUT2D eigenvalue weighted by molar-refractivity contribution is -0.00820. The zero-order valence-corrected chi connectivity index (χ0v) is 34.9. The minimum absolute atomic E-state index is 0.0731. The molecule has 6 atom stereocenters. The Hall–Kier alpha value is -4.68. The van der Waals surface area contributed by atoms with Crippen molar-refractivity contribution in [3.8, 4) is 35.2 Å². The Kier molecular flexibility index (Phi) is 10.5. The van der Waals surface area contributed by atoms with Crippen molar-refractivity contribution in [1.82, 2.24) is 0 Å². The molecule has 2 saturated carbocycles. The van der Waals surface area contributed by atoms with E-state index in [1.165, 1.54) is 44.8 Å². The van der Waals surface area contributed by atoms with Gasteiger partial charge in [0.25, 0.3) is 0 Å². The van der Waals surface area contributed by atoms with Crippen LogP contribution >= 0.6 is 0 Å². The summed E-state index contributed by atoms with van der Waals surface area (Å²) in [5.74, 6) is 14.9.